The summed E-state index contributed by atoms with van der Waals surface area (Å²) in [4.78, 5) is 27.4. The molecule has 0 saturated carbocycles. The SMILES string of the molecule is CN(Cc1ccc2nonc2c1)C(=O)C1CCCN(CC(N)=O)C1. The molecule has 2 amide bonds. The second kappa shape index (κ2) is 6.96. The average molecular weight is 331 g/mol. The Morgan fingerprint density at radius 2 is 2.17 bits per heavy atom. The van der Waals surface area contributed by atoms with E-state index in [0.29, 0.717) is 24.1 Å². The van der Waals surface area contributed by atoms with Gasteiger partial charge in [-0.25, -0.2) is 4.63 Å². The molecule has 0 bridgehead atoms. The number of aromatic nitrogens is 2. The summed E-state index contributed by atoms with van der Waals surface area (Å²) in [6, 6.07) is 5.61. The maximum absolute atomic E-state index is 12.7. The van der Waals surface area contributed by atoms with Crippen LogP contribution in [0.3, 0.4) is 0 Å². The van der Waals surface area contributed by atoms with Gasteiger partial charge in [-0.1, -0.05) is 6.07 Å². The molecule has 1 aromatic carbocycles. The summed E-state index contributed by atoms with van der Waals surface area (Å²) >= 11 is 0. The molecule has 8 heteroatoms. The number of carbonyl (C=O) groups is 2. The third-order valence-corrected chi connectivity index (χ3v) is 4.35. The first kappa shape index (κ1) is 16.4. The fourth-order valence-electron chi connectivity index (χ4n) is 3.21. The van der Waals surface area contributed by atoms with E-state index in [-0.39, 0.29) is 24.3 Å². The fraction of sp³-hybridized carbons (Fsp3) is 0.500. The minimum Gasteiger partial charge on any atom is -0.369 e. The Balaban J connectivity index is 1.62. The number of likely N-dealkylation sites (tertiary alicyclic amines) is 1. The number of nitrogens with two attached hydrogens (primary N) is 1. The van der Waals surface area contributed by atoms with E-state index >= 15 is 0 Å². The van der Waals surface area contributed by atoms with Crippen molar-refractivity contribution in [3.05, 3.63) is 23.8 Å². The summed E-state index contributed by atoms with van der Waals surface area (Å²) < 4.78 is 4.69. The number of piperidine rings is 1. The highest BCUT2D eigenvalue weighted by molar-refractivity contribution is 5.80. The number of rotatable bonds is 5. The minimum atomic E-state index is -0.356. The molecule has 1 atom stereocenters. The number of benzene rings is 1. The lowest BCUT2D eigenvalue weighted by atomic mass is 9.96. The van der Waals surface area contributed by atoms with Crippen molar-refractivity contribution in [1.29, 1.82) is 0 Å². The Hall–Kier alpha value is -2.48. The van der Waals surface area contributed by atoms with Gasteiger partial charge in [0.1, 0.15) is 11.0 Å². The predicted octanol–water partition coefficient (Wildman–Crippen LogP) is 0.378. The molecule has 24 heavy (non-hydrogen) atoms. The van der Waals surface area contributed by atoms with Crippen molar-refractivity contribution < 1.29 is 14.2 Å². The lowest BCUT2D eigenvalue weighted by molar-refractivity contribution is -0.137. The molecule has 0 spiro atoms. The highest BCUT2D eigenvalue weighted by Crippen LogP contribution is 2.20. The van der Waals surface area contributed by atoms with Gasteiger partial charge in [0.2, 0.25) is 11.8 Å². The van der Waals surface area contributed by atoms with Crippen LogP contribution in [0.1, 0.15) is 18.4 Å². The highest BCUT2D eigenvalue weighted by Gasteiger charge is 2.28. The van der Waals surface area contributed by atoms with Gasteiger partial charge in [0.25, 0.3) is 0 Å². The number of primary amides is 1. The molecule has 1 aromatic heterocycles. The van der Waals surface area contributed by atoms with E-state index < -0.39 is 0 Å². The van der Waals surface area contributed by atoms with E-state index in [1.165, 1.54) is 0 Å². The molecule has 1 aliphatic rings. The van der Waals surface area contributed by atoms with Gasteiger partial charge in [-0.2, -0.15) is 0 Å². The number of fused-ring (bicyclic) bond motifs is 1. The fourth-order valence-corrected chi connectivity index (χ4v) is 3.21. The van der Waals surface area contributed by atoms with Crippen molar-refractivity contribution in [3.63, 3.8) is 0 Å². The maximum Gasteiger partial charge on any atom is 0.231 e. The minimum absolute atomic E-state index is 0.0857. The quantitative estimate of drug-likeness (QED) is 0.849. The van der Waals surface area contributed by atoms with Gasteiger partial charge in [-0.15, -0.1) is 0 Å². The Labute approximate surface area is 139 Å². The molecule has 0 radical (unpaired) electrons. The Morgan fingerprint density at radius 3 is 2.96 bits per heavy atom. The molecule has 8 nitrogen and oxygen atoms in total. The van der Waals surface area contributed by atoms with Crippen LogP contribution in [0.4, 0.5) is 0 Å². The Bertz CT molecular complexity index is 744. The van der Waals surface area contributed by atoms with Crippen molar-refractivity contribution in [2.24, 2.45) is 11.7 Å². The largest absolute Gasteiger partial charge is 0.369 e. The van der Waals surface area contributed by atoms with Crippen molar-refractivity contribution >= 4 is 22.8 Å². The van der Waals surface area contributed by atoms with Crippen LogP contribution in [0.5, 0.6) is 0 Å². The van der Waals surface area contributed by atoms with Crippen LogP contribution in [0.15, 0.2) is 22.8 Å². The number of carbonyl (C=O) groups excluding carboxylic acids is 2. The van der Waals surface area contributed by atoms with Crippen molar-refractivity contribution in [3.8, 4) is 0 Å². The molecule has 1 unspecified atom stereocenters. The Morgan fingerprint density at radius 1 is 1.38 bits per heavy atom. The number of nitrogens with zero attached hydrogens (tertiary/aromatic N) is 4. The van der Waals surface area contributed by atoms with Crippen LogP contribution in [0.25, 0.3) is 11.0 Å². The van der Waals surface area contributed by atoms with Crippen LogP contribution >= 0.6 is 0 Å². The normalized spacial score (nSPS) is 18.6. The van der Waals surface area contributed by atoms with E-state index in [0.717, 1.165) is 24.9 Å². The molecule has 1 saturated heterocycles. The van der Waals surface area contributed by atoms with Gasteiger partial charge in [-0.3, -0.25) is 14.5 Å². The maximum atomic E-state index is 12.7. The molecule has 2 aromatic rings. The average Bonchev–Trinajstić information content (AvgIpc) is 3.01. The zero-order valence-corrected chi connectivity index (χ0v) is 13.6. The van der Waals surface area contributed by atoms with Crippen LogP contribution in [-0.2, 0) is 16.1 Å². The summed E-state index contributed by atoms with van der Waals surface area (Å²) in [5.74, 6) is -0.367. The number of hydrogen-bond acceptors (Lipinski definition) is 6. The molecule has 0 aliphatic carbocycles. The number of hydrogen-bond donors (Lipinski definition) is 1. The van der Waals surface area contributed by atoms with Crippen LogP contribution < -0.4 is 5.73 Å². The summed E-state index contributed by atoms with van der Waals surface area (Å²) in [5, 5.41) is 7.59. The smallest absolute Gasteiger partial charge is 0.231 e. The highest BCUT2D eigenvalue weighted by atomic mass is 16.6. The van der Waals surface area contributed by atoms with E-state index in [1.54, 1.807) is 11.9 Å². The van der Waals surface area contributed by atoms with Crippen LogP contribution in [0.2, 0.25) is 0 Å². The second-order valence-electron chi connectivity index (χ2n) is 6.32. The van der Waals surface area contributed by atoms with Gasteiger partial charge in [0, 0.05) is 20.1 Å². The van der Waals surface area contributed by atoms with Crippen LogP contribution in [-0.4, -0.2) is 58.6 Å². The molecule has 128 valence electrons. The van der Waals surface area contributed by atoms with Gasteiger partial charge in [0.05, 0.1) is 12.5 Å². The molecule has 1 fully saturated rings. The molecular formula is C16H21N5O3. The van der Waals surface area contributed by atoms with E-state index in [2.05, 4.69) is 14.9 Å². The second-order valence-corrected chi connectivity index (χ2v) is 6.32. The third kappa shape index (κ3) is 3.70. The van der Waals surface area contributed by atoms with Gasteiger partial charge < -0.3 is 10.6 Å². The topological polar surface area (TPSA) is 106 Å². The zero-order chi connectivity index (χ0) is 17.1. The molecule has 3 rings (SSSR count). The summed E-state index contributed by atoms with van der Waals surface area (Å²) in [5.41, 5.74) is 7.60. The lowest BCUT2D eigenvalue weighted by Gasteiger charge is -2.33. The van der Waals surface area contributed by atoms with Crippen molar-refractivity contribution in [2.45, 2.75) is 19.4 Å². The summed E-state index contributed by atoms with van der Waals surface area (Å²) in [6.07, 6.45) is 1.73. The first-order valence-corrected chi connectivity index (χ1v) is 8.00. The van der Waals surface area contributed by atoms with E-state index in [1.807, 2.05) is 23.1 Å². The first-order chi connectivity index (χ1) is 11.5. The monoisotopic (exact) mass is 331 g/mol. The molecule has 2 heterocycles. The first-order valence-electron chi connectivity index (χ1n) is 8.00. The zero-order valence-electron chi connectivity index (χ0n) is 13.6. The summed E-state index contributed by atoms with van der Waals surface area (Å²) in [6.45, 7) is 2.10. The van der Waals surface area contributed by atoms with Gasteiger partial charge in [0.15, 0.2) is 0 Å². The van der Waals surface area contributed by atoms with Gasteiger partial charge >= 0.3 is 0 Å². The predicted molar refractivity (Wildman–Crippen MR) is 86.6 cm³/mol. The lowest BCUT2D eigenvalue weighted by Crippen LogP contribution is -2.46. The standard InChI is InChI=1S/C16H21N5O3/c1-20(8-11-4-5-13-14(7-11)19-24-18-13)16(23)12-3-2-6-21(9-12)10-15(17)22/h4-5,7,12H,2-3,6,8-10H2,1H3,(H2,17,22). The van der Waals surface area contributed by atoms with E-state index in [9.17, 15) is 9.59 Å². The Kier molecular flexibility index (Phi) is 4.75. The molecular weight excluding hydrogens is 310 g/mol. The van der Waals surface area contributed by atoms with Gasteiger partial charge in [-0.05, 0) is 47.4 Å². The van der Waals surface area contributed by atoms with Crippen LogP contribution in [0, 0.1) is 5.92 Å². The van der Waals surface area contributed by atoms with Crippen molar-refractivity contribution in [1.82, 2.24) is 20.1 Å². The van der Waals surface area contributed by atoms with Crippen molar-refractivity contribution in [2.75, 3.05) is 26.7 Å². The number of amides is 2. The molecule has 1 aliphatic heterocycles. The van der Waals surface area contributed by atoms with E-state index in [4.69, 9.17) is 5.73 Å². The molecule has 2 N–H and O–H groups in total. The third-order valence-electron chi connectivity index (χ3n) is 4.35. The summed E-state index contributed by atoms with van der Waals surface area (Å²) in [7, 11) is 1.79.